The second-order valence-corrected chi connectivity index (χ2v) is 6.83. The van der Waals surface area contributed by atoms with E-state index in [0.717, 1.165) is 28.6 Å². The molecule has 148 valence electrons. The Labute approximate surface area is 167 Å². The molecule has 5 heteroatoms. The number of nitrogens with one attached hydrogen (secondary N) is 1. The fraction of sp³-hybridized carbons (Fsp3) is 0.500. The second-order valence-electron chi connectivity index (χ2n) is 5.75. The Kier molecular flexibility index (Phi) is 10.6. The normalized spacial score (nSPS) is 11.8. The average Bonchev–Trinajstić information content (AvgIpc) is 3.11. The molecule has 0 spiro atoms. The molecular weight excluding hydrogens is 354 g/mol. The van der Waals surface area contributed by atoms with E-state index in [1.54, 1.807) is 23.7 Å². The Bertz CT molecular complexity index is 853. The minimum atomic E-state index is -0.0128. The number of H-pyrrole nitrogens is 1. The smallest absolute Gasteiger partial charge is 0.260 e. The minimum absolute atomic E-state index is 0.0128. The SMILES string of the molecule is CC.CC.CCC.O=c1[nH]c(-c2ccncc2)nc2sc3c(c12)CCCC3. The highest BCUT2D eigenvalue weighted by Crippen LogP contribution is 2.34. The zero-order chi connectivity index (χ0) is 20.2. The first-order valence-corrected chi connectivity index (χ1v) is 11.0. The number of hydrogen-bond donors (Lipinski definition) is 1. The standard InChI is InChI=1S/C15H13N3OS.C3H8.2C2H6/c19-14-12-10-3-1-2-4-11(10)20-15(12)18-13(17-14)9-5-7-16-8-6-9;1-3-2;2*1-2/h5-8H,1-4H2,(H,17,18,19);3H2,1-2H3;2*1-2H3. The molecular formula is C22H33N3OS. The van der Waals surface area contributed by atoms with Crippen molar-refractivity contribution in [3.63, 3.8) is 0 Å². The molecule has 0 fully saturated rings. The van der Waals surface area contributed by atoms with Crippen LogP contribution < -0.4 is 5.56 Å². The van der Waals surface area contributed by atoms with Gasteiger partial charge in [-0.1, -0.05) is 48.0 Å². The van der Waals surface area contributed by atoms with Crippen LogP contribution in [0.25, 0.3) is 21.6 Å². The number of nitrogens with zero attached hydrogens (tertiary/aromatic N) is 2. The summed E-state index contributed by atoms with van der Waals surface area (Å²) in [6, 6.07) is 3.72. The predicted octanol–water partition coefficient (Wildman–Crippen LogP) is 6.39. The van der Waals surface area contributed by atoms with Gasteiger partial charge in [0, 0.05) is 22.8 Å². The molecule has 4 nitrogen and oxygen atoms in total. The van der Waals surface area contributed by atoms with Crippen LogP contribution in [-0.2, 0) is 12.8 Å². The third-order valence-electron chi connectivity index (χ3n) is 3.78. The van der Waals surface area contributed by atoms with Gasteiger partial charge in [-0.05, 0) is 43.4 Å². The molecule has 0 aliphatic heterocycles. The first-order chi connectivity index (χ1) is 13.2. The van der Waals surface area contributed by atoms with Gasteiger partial charge in [-0.25, -0.2) is 4.98 Å². The number of aryl methyl sites for hydroxylation is 2. The average molecular weight is 388 g/mol. The van der Waals surface area contributed by atoms with Crippen LogP contribution >= 0.6 is 11.3 Å². The molecule has 0 saturated carbocycles. The molecule has 3 aromatic heterocycles. The number of thiophene rings is 1. The third kappa shape index (κ3) is 5.73. The van der Waals surface area contributed by atoms with Crippen LogP contribution in [0.2, 0.25) is 0 Å². The zero-order valence-corrected chi connectivity index (χ0v) is 18.4. The molecule has 3 aromatic rings. The van der Waals surface area contributed by atoms with E-state index in [2.05, 4.69) is 28.8 Å². The lowest BCUT2D eigenvalue weighted by atomic mass is 9.97. The van der Waals surface area contributed by atoms with Gasteiger partial charge < -0.3 is 4.98 Å². The van der Waals surface area contributed by atoms with Crippen LogP contribution in [0.5, 0.6) is 0 Å². The molecule has 0 radical (unpaired) electrons. The summed E-state index contributed by atoms with van der Waals surface area (Å²) < 4.78 is 0. The number of pyridine rings is 1. The van der Waals surface area contributed by atoms with Crippen molar-refractivity contribution < 1.29 is 0 Å². The first-order valence-electron chi connectivity index (χ1n) is 10.2. The van der Waals surface area contributed by atoms with E-state index in [1.165, 1.54) is 29.7 Å². The highest BCUT2D eigenvalue weighted by Gasteiger charge is 2.19. The molecule has 27 heavy (non-hydrogen) atoms. The van der Waals surface area contributed by atoms with Crippen molar-refractivity contribution in [1.29, 1.82) is 0 Å². The molecule has 4 rings (SSSR count). The van der Waals surface area contributed by atoms with Gasteiger partial charge in [0.2, 0.25) is 0 Å². The van der Waals surface area contributed by atoms with Crippen molar-refractivity contribution in [3.8, 4) is 11.4 Å². The molecule has 3 heterocycles. The molecule has 0 aromatic carbocycles. The number of aromatic amines is 1. The van der Waals surface area contributed by atoms with Crippen LogP contribution in [0.1, 0.15) is 71.2 Å². The van der Waals surface area contributed by atoms with Crippen LogP contribution in [0, 0.1) is 0 Å². The summed E-state index contributed by atoms with van der Waals surface area (Å²) in [5, 5.41) is 0.808. The maximum absolute atomic E-state index is 12.4. The lowest BCUT2D eigenvalue weighted by Gasteiger charge is -2.09. The quantitative estimate of drug-likeness (QED) is 0.526. The third-order valence-corrected chi connectivity index (χ3v) is 4.96. The van der Waals surface area contributed by atoms with Crippen LogP contribution in [0.4, 0.5) is 0 Å². The first kappa shape index (κ1) is 23.0. The number of aromatic nitrogens is 3. The van der Waals surface area contributed by atoms with Gasteiger partial charge in [-0.2, -0.15) is 0 Å². The van der Waals surface area contributed by atoms with Crippen LogP contribution in [0.3, 0.4) is 0 Å². The highest BCUT2D eigenvalue weighted by molar-refractivity contribution is 7.18. The topological polar surface area (TPSA) is 58.6 Å². The van der Waals surface area contributed by atoms with E-state index >= 15 is 0 Å². The molecule has 0 unspecified atom stereocenters. The van der Waals surface area contributed by atoms with Crippen molar-refractivity contribution >= 4 is 21.6 Å². The lowest BCUT2D eigenvalue weighted by Crippen LogP contribution is -2.11. The maximum Gasteiger partial charge on any atom is 0.260 e. The van der Waals surface area contributed by atoms with Crippen molar-refractivity contribution in [2.75, 3.05) is 0 Å². The fourth-order valence-electron chi connectivity index (χ4n) is 2.81. The van der Waals surface area contributed by atoms with E-state index in [4.69, 9.17) is 0 Å². The molecule has 1 aliphatic rings. The zero-order valence-electron chi connectivity index (χ0n) is 17.6. The Morgan fingerprint density at radius 3 is 2.26 bits per heavy atom. The van der Waals surface area contributed by atoms with Gasteiger partial charge in [0.1, 0.15) is 10.7 Å². The van der Waals surface area contributed by atoms with Crippen molar-refractivity contribution in [3.05, 3.63) is 45.3 Å². The van der Waals surface area contributed by atoms with E-state index in [9.17, 15) is 4.79 Å². The number of rotatable bonds is 1. The van der Waals surface area contributed by atoms with E-state index in [-0.39, 0.29) is 5.56 Å². The molecule has 0 bridgehead atoms. The van der Waals surface area contributed by atoms with Gasteiger partial charge in [-0.15, -0.1) is 11.3 Å². The largest absolute Gasteiger partial charge is 0.306 e. The molecule has 1 N–H and O–H groups in total. The number of hydrogen-bond acceptors (Lipinski definition) is 4. The monoisotopic (exact) mass is 387 g/mol. The Balaban J connectivity index is 0.000000466. The lowest BCUT2D eigenvalue weighted by molar-refractivity contribution is 0.700. The Morgan fingerprint density at radius 2 is 1.63 bits per heavy atom. The Hall–Kier alpha value is -2.01. The van der Waals surface area contributed by atoms with E-state index in [0.29, 0.717) is 5.82 Å². The Morgan fingerprint density at radius 1 is 1.04 bits per heavy atom. The van der Waals surface area contributed by atoms with E-state index in [1.807, 2.05) is 39.8 Å². The summed E-state index contributed by atoms with van der Waals surface area (Å²) in [5.74, 6) is 0.628. The fourth-order valence-corrected chi connectivity index (χ4v) is 4.07. The van der Waals surface area contributed by atoms with E-state index < -0.39 is 0 Å². The summed E-state index contributed by atoms with van der Waals surface area (Å²) in [6.07, 6.45) is 9.15. The summed E-state index contributed by atoms with van der Waals surface area (Å²) >= 11 is 1.68. The summed E-state index contributed by atoms with van der Waals surface area (Å²) in [5.41, 5.74) is 2.11. The molecule has 0 amide bonds. The summed E-state index contributed by atoms with van der Waals surface area (Å²) in [7, 11) is 0. The summed E-state index contributed by atoms with van der Waals surface area (Å²) in [4.78, 5) is 26.2. The second kappa shape index (κ2) is 12.4. The van der Waals surface area contributed by atoms with Gasteiger partial charge in [0.15, 0.2) is 0 Å². The predicted molar refractivity (Wildman–Crippen MR) is 119 cm³/mol. The van der Waals surface area contributed by atoms with Gasteiger partial charge >= 0.3 is 0 Å². The van der Waals surface area contributed by atoms with Crippen LogP contribution in [-0.4, -0.2) is 15.0 Å². The van der Waals surface area contributed by atoms with Crippen LogP contribution in [0.15, 0.2) is 29.3 Å². The van der Waals surface area contributed by atoms with Gasteiger partial charge in [0.05, 0.1) is 5.39 Å². The summed E-state index contributed by atoms with van der Waals surface area (Å²) in [6.45, 7) is 12.2. The highest BCUT2D eigenvalue weighted by atomic mass is 32.1. The van der Waals surface area contributed by atoms with Crippen molar-refractivity contribution in [2.45, 2.75) is 73.6 Å². The molecule has 1 aliphatic carbocycles. The van der Waals surface area contributed by atoms with Gasteiger partial charge in [-0.3, -0.25) is 9.78 Å². The molecule has 0 atom stereocenters. The van der Waals surface area contributed by atoms with Gasteiger partial charge in [0.25, 0.3) is 5.56 Å². The number of fused-ring (bicyclic) bond motifs is 3. The maximum atomic E-state index is 12.4. The molecule has 0 saturated heterocycles. The van der Waals surface area contributed by atoms with Crippen molar-refractivity contribution in [2.24, 2.45) is 0 Å². The van der Waals surface area contributed by atoms with Crippen molar-refractivity contribution in [1.82, 2.24) is 15.0 Å². The minimum Gasteiger partial charge on any atom is -0.306 e.